The van der Waals surface area contributed by atoms with E-state index in [0.717, 1.165) is 30.7 Å². The monoisotopic (exact) mass is 520 g/mol. The molecule has 1 atom stereocenters. The van der Waals surface area contributed by atoms with Gasteiger partial charge in [-0.1, -0.05) is 11.6 Å². The van der Waals surface area contributed by atoms with Crippen molar-refractivity contribution in [1.82, 2.24) is 4.72 Å². The molecule has 1 saturated heterocycles. The quantitative estimate of drug-likeness (QED) is 0.532. The smallest absolute Gasteiger partial charge is 0.416 e. The molecule has 4 rings (SSSR count). The van der Waals surface area contributed by atoms with E-state index in [1.165, 1.54) is 12.1 Å². The molecule has 1 aliphatic heterocycles. The molecule has 1 aliphatic carbocycles. The van der Waals surface area contributed by atoms with Gasteiger partial charge in [0, 0.05) is 18.3 Å². The van der Waals surface area contributed by atoms with Gasteiger partial charge in [-0.25, -0.2) is 17.5 Å². The Morgan fingerprint density at radius 3 is 2.44 bits per heavy atom. The summed E-state index contributed by atoms with van der Waals surface area (Å²) in [6, 6.07) is 6.58. The highest BCUT2D eigenvalue weighted by Crippen LogP contribution is 2.34. The molecule has 2 fully saturated rings. The zero-order chi connectivity index (χ0) is 24.7. The van der Waals surface area contributed by atoms with Crippen molar-refractivity contribution in [2.75, 3.05) is 18.1 Å². The molecule has 1 N–H and O–H groups in total. The van der Waals surface area contributed by atoms with Gasteiger partial charge in [0.25, 0.3) is 5.91 Å². The fraction of sp³-hybridized carbons (Fsp3) is 0.409. The highest BCUT2D eigenvalue weighted by atomic mass is 35.5. The van der Waals surface area contributed by atoms with E-state index in [0.29, 0.717) is 31.5 Å². The lowest BCUT2D eigenvalue weighted by atomic mass is 10.1. The summed E-state index contributed by atoms with van der Waals surface area (Å²) in [5, 5.41) is -0.717. The molecule has 1 amide bonds. The Labute approximate surface area is 198 Å². The van der Waals surface area contributed by atoms with Gasteiger partial charge in [-0.2, -0.15) is 13.2 Å². The second-order valence-corrected chi connectivity index (χ2v) is 10.7. The molecular weight excluding hydrogens is 500 g/mol. The number of ether oxygens (including phenoxy) is 1. The Kier molecular flexibility index (Phi) is 6.69. The largest absolute Gasteiger partial charge is 0.490 e. The third-order valence-electron chi connectivity index (χ3n) is 5.80. The first-order valence-corrected chi connectivity index (χ1v) is 12.5. The molecule has 1 saturated carbocycles. The third kappa shape index (κ3) is 5.41. The summed E-state index contributed by atoms with van der Waals surface area (Å²) in [5.41, 5.74) is -0.645. The first-order chi connectivity index (χ1) is 16.0. The van der Waals surface area contributed by atoms with Gasteiger partial charge < -0.3 is 9.64 Å². The van der Waals surface area contributed by atoms with Crippen LogP contribution in [0.3, 0.4) is 0 Å². The van der Waals surface area contributed by atoms with Crippen LogP contribution in [-0.4, -0.2) is 38.8 Å². The summed E-state index contributed by atoms with van der Waals surface area (Å²) >= 11 is 6.15. The Hall–Kier alpha value is -2.53. The van der Waals surface area contributed by atoms with Crippen molar-refractivity contribution >= 4 is 33.2 Å². The molecule has 6 nitrogen and oxygen atoms in total. The van der Waals surface area contributed by atoms with Gasteiger partial charge in [-0.15, -0.1) is 0 Å². The molecule has 0 spiro atoms. The second-order valence-electron chi connectivity index (χ2n) is 8.28. The number of sulfonamides is 1. The number of nitrogens with zero attached hydrogens (tertiary/aromatic N) is 1. The maximum Gasteiger partial charge on any atom is 0.416 e. The van der Waals surface area contributed by atoms with Gasteiger partial charge in [-0.05, 0) is 56.0 Å². The molecule has 2 aromatic carbocycles. The van der Waals surface area contributed by atoms with Crippen LogP contribution < -0.4 is 14.4 Å². The van der Waals surface area contributed by atoms with Crippen molar-refractivity contribution in [3.63, 3.8) is 0 Å². The van der Waals surface area contributed by atoms with Crippen molar-refractivity contribution < 1.29 is 35.5 Å². The number of alkyl halides is 3. The summed E-state index contributed by atoms with van der Waals surface area (Å²) in [6.45, 7) is 0.706. The fourth-order valence-corrected chi connectivity index (χ4v) is 5.35. The van der Waals surface area contributed by atoms with Crippen LogP contribution in [0.2, 0.25) is 5.02 Å². The molecule has 2 aliphatic rings. The first-order valence-electron chi connectivity index (χ1n) is 10.6. The van der Waals surface area contributed by atoms with E-state index in [1.54, 1.807) is 0 Å². The van der Waals surface area contributed by atoms with Crippen LogP contribution in [0.1, 0.15) is 41.6 Å². The van der Waals surface area contributed by atoms with Gasteiger partial charge in [-0.3, -0.25) is 4.79 Å². The Bertz CT molecular complexity index is 1180. The zero-order valence-electron chi connectivity index (χ0n) is 17.7. The lowest BCUT2D eigenvalue weighted by Gasteiger charge is -2.27. The van der Waals surface area contributed by atoms with Crippen molar-refractivity contribution in [3.05, 3.63) is 58.4 Å². The Balaban J connectivity index is 1.42. The normalized spacial score (nSPS) is 18.7. The average molecular weight is 521 g/mol. The Morgan fingerprint density at radius 2 is 1.82 bits per heavy atom. The summed E-state index contributed by atoms with van der Waals surface area (Å²) < 4.78 is 84.4. The lowest BCUT2D eigenvalue weighted by Crippen LogP contribution is -2.34. The van der Waals surface area contributed by atoms with Gasteiger partial charge in [0.15, 0.2) is 0 Å². The summed E-state index contributed by atoms with van der Waals surface area (Å²) in [5.74, 6) is -2.13. The van der Waals surface area contributed by atoms with E-state index < -0.39 is 44.3 Å². The summed E-state index contributed by atoms with van der Waals surface area (Å²) in [6.07, 6.45) is -2.02. The molecule has 1 heterocycles. The molecule has 0 aromatic heterocycles. The number of rotatable bonds is 7. The predicted octanol–water partition coefficient (Wildman–Crippen LogP) is 4.77. The van der Waals surface area contributed by atoms with Crippen LogP contribution in [0.15, 0.2) is 36.4 Å². The van der Waals surface area contributed by atoms with E-state index in [-0.39, 0.29) is 23.4 Å². The number of halogens is 5. The summed E-state index contributed by atoms with van der Waals surface area (Å²) in [4.78, 5) is 14.1. The molecule has 34 heavy (non-hydrogen) atoms. The van der Waals surface area contributed by atoms with Gasteiger partial charge in [0.2, 0.25) is 10.0 Å². The average Bonchev–Trinajstić information content (AvgIpc) is 3.53. The predicted molar refractivity (Wildman–Crippen MR) is 118 cm³/mol. The van der Waals surface area contributed by atoms with Crippen molar-refractivity contribution in [3.8, 4) is 5.75 Å². The number of carbonyl (C=O) groups is 1. The fourth-order valence-electron chi connectivity index (χ4n) is 3.84. The zero-order valence-corrected chi connectivity index (χ0v) is 19.3. The minimum atomic E-state index is -4.42. The second kappa shape index (κ2) is 9.26. The maximum absolute atomic E-state index is 14.6. The van der Waals surface area contributed by atoms with Crippen LogP contribution in [0.5, 0.6) is 5.75 Å². The first kappa shape index (κ1) is 24.6. The molecule has 2 aromatic rings. The summed E-state index contributed by atoms with van der Waals surface area (Å²) in [7, 11) is -3.85. The number of amides is 1. The van der Waals surface area contributed by atoms with E-state index in [4.69, 9.17) is 16.3 Å². The molecule has 12 heteroatoms. The minimum absolute atomic E-state index is 0.0277. The van der Waals surface area contributed by atoms with Crippen LogP contribution in [0, 0.1) is 5.82 Å². The number of hydrogen-bond donors (Lipinski definition) is 1. The molecule has 0 bridgehead atoms. The highest BCUT2D eigenvalue weighted by molar-refractivity contribution is 7.91. The van der Waals surface area contributed by atoms with Crippen molar-refractivity contribution in [2.45, 2.75) is 43.2 Å². The van der Waals surface area contributed by atoms with Crippen molar-refractivity contribution in [1.29, 1.82) is 0 Å². The molecule has 0 radical (unpaired) electrons. The van der Waals surface area contributed by atoms with E-state index >= 15 is 0 Å². The SMILES string of the molecule is O=C(NS(=O)(=O)C1CC1)c1cc(Cl)c(OC[C@H]2CCCN2c2ccc(C(F)(F)F)cc2)cc1F. The van der Waals surface area contributed by atoms with E-state index in [1.807, 2.05) is 9.62 Å². The standard InChI is InChI=1S/C22H21ClF4N2O4S/c23-18-10-17(21(30)28-34(31,32)16-7-8-16)19(24)11-20(18)33-12-15-2-1-9-29(15)14-5-3-13(4-6-14)22(25,26)27/h3-6,10-11,15-16H,1-2,7-9,12H2,(H,28,30)/t15-/m1/s1. The number of benzene rings is 2. The lowest BCUT2D eigenvalue weighted by molar-refractivity contribution is -0.137. The molecule has 0 unspecified atom stereocenters. The van der Waals surface area contributed by atoms with Crippen molar-refractivity contribution in [2.24, 2.45) is 0 Å². The number of anilines is 1. The van der Waals surface area contributed by atoms with Gasteiger partial charge in [0.1, 0.15) is 18.2 Å². The minimum Gasteiger partial charge on any atom is -0.490 e. The highest BCUT2D eigenvalue weighted by Gasteiger charge is 2.37. The van der Waals surface area contributed by atoms with Gasteiger partial charge in [0.05, 0.1) is 27.4 Å². The molecular formula is C22H21ClF4N2O4S. The van der Waals surface area contributed by atoms with Crippen LogP contribution in [0.4, 0.5) is 23.2 Å². The van der Waals surface area contributed by atoms with Gasteiger partial charge >= 0.3 is 6.18 Å². The number of carbonyl (C=O) groups excluding carboxylic acids is 1. The van der Waals surface area contributed by atoms with Crippen LogP contribution >= 0.6 is 11.6 Å². The number of nitrogens with one attached hydrogen (secondary N) is 1. The van der Waals surface area contributed by atoms with E-state index in [9.17, 15) is 30.8 Å². The maximum atomic E-state index is 14.6. The number of hydrogen-bond acceptors (Lipinski definition) is 5. The topological polar surface area (TPSA) is 75.7 Å². The molecule has 184 valence electrons. The third-order valence-corrected chi connectivity index (χ3v) is 7.91. The van der Waals surface area contributed by atoms with Crippen LogP contribution in [-0.2, 0) is 16.2 Å². The van der Waals surface area contributed by atoms with E-state index in [2.05, 4.69) is 0 Å². The Morgan fingerprint density at radius 1 is 1.15 bits per heavy atom. The van der Waals surface area contributed by atoms with Crippen LogP contribution in [0.25, 0.3) is 0 Å².